The molecule has 0 unspecified atom stereocenters. The van der Waals surface area contributed by atoms with Gasteiger partial charge in [0, 0.05) is 31.7 Å². The third-order valence-corrected chi connectivity index (χ3v) is 6.59. The summed E-state index contributed by atoms with van der Waals surface area (Å²) in [7, 11) is 0. The largest absolute Gasteiger partial charge is 0.377 e. The molecule has 3 fully saturated rings. The molecular formula is C20H31N3O3. The average molecular weight is 361 g/mol. The number of hydrogen-bond donors (Lipinski definition) is 0. The first-order valence-electron chi connectivity index (χ1n) is 10.1. The van der Waals surface area contributed by atoms with Crippen LogP contribution in [0.5, 0.6) is 0 Å². The molecule has 6 nitrogen and oxygen atoms in total. The van der Waals surface area contributed by atoms with Crippen molar-refractivity contribution in [2.24, 2.45) is 5.41 Å². The molecule has 4 rings (SSSR count). The highest BCUT2D eigenvalue weighted by molar-refractivity contribution is 5.79. The zero-order valence-electron chi connectivity index (χ0n) is 16.1. The zero-order chi connectivity index (χ0) is 18.1. The van der Waals surface area contributed by atoms with Gasteiger partial charge < -0.3 is 19.1 Å². The first kappa shape index (κ1) is 18.0. The van der Waals surface area contributed by atoms with Crippen molar-refractivity contribution >= 4 is 5.91 Å². The van der Waals surface area contributed by atoms with E-state index < -0.39 is 0 Å². The number of carbonyl (C=O) groups is 1. The Labute approximate surface area is 155 Å². The minimum atomic E-state index is 0.167. The number of aryl methyl sites for hydroxylation is 2. The Bertz CT molecular complexity index is 623. The number of piperidine rings is 1. The minimum Gasteiger partial charge on any atom is -0.377 e. The molecule has 0 aromatic carbocycles. The van der Waals surface area contributed by atoms with Crippen LogP contribution in [0, 0.1) is 19.3 Å². The zero-order valence-corrected chi connectivity index (χ0v) is 16.1. The van der Waals surface area contributed by atoms with Gasteiger partial charge in [0.1, 0.15) is 5.76 Å². The van der Waals surface area contributed by atoms with Gasteiger partial charge in [-0.3, -0.25) is 4.79 Å². The Hall–Kier alpha value is -1.40. The van der Waals surface area contributed by atoms with Crippen molar-refractivity contribution < 1.29 is 14.1 Å². The van der Waals surface area contributed by atoms with Gasteiger partial charge in [0.15, 0.2) is 0 Å². The van der Waals surface area contributed by atoms with E-state index in [1.165, 1.54) is 19.3 Å². The number of likely N-dealkylation sites (tertiary alicyclic amines) is 2. The number of aromatic nitrogens is 1. The Morgan fingerprint density at radius 3 is 2.69 bits per heavy atom. The van der Waals surface area contributed by atoms with E-state index in [9.17, 15) is 4.79 Å². The van der Waals surface area contributed by atoms with Crippen LogP contribution in [0.4, 0.5) is 0 Å². The molecule has 0 radical (unpaired) electrons. The number of rotatable bonds is 4. The Balaban J connectivity index is 1.32. The summed E-state index contributed by atoms with van der Waals surface area (Å²) in [5, 5.41) is 4.02. The summed E-state index contributed by atoms with van der Waals surface area (Å²) in [6.07, 6.45) is 7.05. The van der Waals surface area contributed by atoms with Gasteiger partial charge >= 0.3 is 0 Å². The van der Waals surface area contributed by atoms with E-state index in [1.807, 2.05) is 18.7 Å². The summed E-state index contributed by atoms with van der Waals surface area (Å²) in [6, 6.07) is 0. The van der Waals surface area contributed by atoms with E-state index in [-0.39, 0.29) is 11.3 Å². The van der Waals surface area contributed by atoms with E-state index in [4.69, 9.17) is 9.26 Å². The molecule has 1 amide bonds. The first-order valence-corrected chi connectivity index (χ1v) is 10.1. The van der Waals surface area contributed by atoms with Crippen molar-refractivity contribution in [3.8, 4) is 0 Å². The van der Waals surface area contributed by atoms with Crippen LogP contribution < -0.4 is 0 Å². The molecule has 1 spiro atoms. The Kier molecular flexibility index (Phi) is 5.06. The minimum absolute atomic E-state index is 0.167. The fourth-order valence-electron chi connectivity index (χ4n) is 4.83. The van der Waals surface area contributed by atoms with Crippen LogP contribution in [0.3, 0.4) is 0 Å². The fraction of sp³-hybridized carbons (Fsp3) is 0.800. The molecule has 0 saturated carbocycles. The predicted molar refractivity (Wildman–Crippen MR) is 97.7 cm³/mol. The molecule has 0 aliphatic carbocycles. The van der Waals surface area contributed by atoms with Gasteiger partial charge in [0.2, 0.25) is 5.91 Å². The molecule has 144 valence electrons. The monoisotopic (exact) mass is 361 g/mol. The molecule has 26 heavy (non-hydrogen) atoms. The highest BCUT2D eigenvalue weighted by Gasteiger charge is 2.45. The summed E-state index contributed by atoms with van der Waals surface area (Å²) < 4.78 is 11.2. The molecule has 1 aromatic heterocycles. The van der Waals surface area contributed by atoms with Crippen LogP contribution >= 0.6 is 0 Å². The molecule has 4 heterocycles. The maximum atomic E-state index is 12.6. The maximum absolute atomic E-state index is 12.6. The number of nitrogens with zero attached hydrogens (tertiary/aromatic N) is 3. The van der Waals surface area contributed by atoms with E-state index in [1.54, 1.807) is 0 Å². The van der Waals surface area contributed by atoms with Crippen molar-refractivity contribution in [2.45, 2.75) is 65.0 Å². The third kappa shape index (κ3) is 3.67. The van der Waals surface area contributed by atoms with Crippen LogP contribution in [0.15, 0.2) is 4.52 Å². The van der Waals surface area contributed by atoms with Crippen LogP contribution in [0.2, 0.25) is 0 Å². The highest BCUT2D eigenvalue weighted by Crippen LogP contribution is 2.41. The van der Waals surface area contributed by atoms with E-state index in [0.717, 1.165) is 62.6 Å². The summed E-state index contributed by atoms with van der Waals surface area (Å²) >= 11 is 0. The van der Waals surface area contributed by atoms with Crippen molar-refractivity contribution in [1.29, 1.82) is 0 Å². The second kappa shape index (κ2) is 7.31. The van der Waals surface area contributed by atoms with Gasteiger partial charge in [-0.1, -0.05) is 5.16 Å². The van der Waals surface area contributed by atoms with Crippen LogP contribution in [0.1, 0.15) is 55.5 Å². The molecule has 1 aromatic rings. The lowest BCUT2D eigenvalue weighted by molar-refractivity contribution is -0.128. The van der Waals surface area contributed by atoms with Gasteiger partial charge in [0.25, 0.3) is 0 Å². The van der Waals surface area contributed by atoms with Crippen molar-refractivity contribution in [3.05, 3.63) is 17.0 Å². The normalized spacial score (nSPS) is 26.8. The summed E-state index contributed by atoms with van der Waals surface area (Å²) in [6.45, 7) is 9.56. The molecule has 3 aliphatic heterocycles. The standard InChI is InChI=1S/C20H31N3O3/c1-15-18(16(2)26-21-15)13-23-14-20(11-19(23)24)6-8-22(9-7-20)12-17-5-3-4-10-25-17/h17H,3-14H2,1-2H3/t17-/m1/s1. The molecule has 0 N–H and O–H groups in total. The third-order valence-electron chi connectivity index (χ3n) is 6.59. The Morgan fingerprint density at radius 1 is 1.23 bits per heavy atom. The molecule has 6 heteroatoms. The molecule has 1 atom stereocenters. The van der Waals surface area contributed by atoms with Crippen LogP contribution in [0.25, 0.3) is 0 Å². The van der Waals surface area contributed by atoms with E-state index in [0.29, 0.717) is 19.1 Å². The summed E-state index contributed by atoms with van der Waals surface area (Å²) in [5.74, 6) is 1.12. The molecule has 3 saturated heterocycles. The fourth-order valence-corrected chi connectivity index (χ4v) is 4.83. The summed E-state index contributed by atoms with van der Waals surface area (Å²) in [4.78, 5) is 17.2. The highest BCUT2D eigenvalue weighted by atomic mass is 16.5. The molecular weight excluding hydrogens is 330 g/mol. The summed E-state index contributed by atoms with van der Waals surface area (Å²) in [5.41, 5.74) is 2.14. The topological polar surface area (TPSA) is 58.8 Å². The lowest BCUT2D eigenvalue weighted by atomic mass is 9.77. The van der Waals surface area contributed by atoms with Crippen LogP contribution in [-0.4, -0.2) is 59.8 Å². The molecule has 0 bridgehead atoms. The van der Waals surface area contributed by atoms with E-state index >= 15 is 0 Å². The smallest absolute Gasteiger partial charge is 0.223 e. The maximum Gasteiger partial charge on any atom is 0.223 e. The van der Waals surface area contributed by atoms with Crippen LogP contribution in [-0.2, 0) is 16.1 Å². The number of hydrogen-bond acceptors (Lipinski definition) is 5. The average Bonchev–Trinajstić information content (AvgIpc) is 3.12. The first-order chi connectivity index (χ1) is 12.5. The number of ether oxygens (including phenoxy) is 1. The number of amides is 1. The van der Waals surface area contributed by atoms with Gasteiger partial charge in [-0.15, -0.1) is 0 Å². The lowest BCUT2D eigenvalue weighted by Gasteiger charge is -2.40. The van der Waals surface area contributed by atoms with E-state index in [2.05, 4.69) is 10.1 Å². The lowest BCUT2D eigenvalue weighted by Crippen LogP contribution is -2.45. The van der Waals surface area contributed by atoms with Crippen molar-refractivity contribution in [2.75, 3.05) is 32.8 Å². The van der Waals surface area contributed by atoms with Gasteiger partial charge in [-0.05, 0) is 64.5 Å². The second-order valence-corrected chi connectivity index (χ2v) is 8.52. The predicted octanol–water partition coefficient (Wildman–Crippen LogP) is 2.68. The van der Waals surface area contributed by atoms with Gasteiger partial charge in [0.05, 0.1) is 18.3 Å². The SMILES string of the molecule is Cc1noc(C)c1CN1CC2(CCN(C[C@H]3CCCCO3)CC2)CC1=O. The van der Waals surface area contributed by atoms with Gasteiger partial charge in [-0.2, -0.15) is 0 Å². The second-order valence-electron chi connectivity index (χ2n) is 8.52. The molecule has 3 aliphatic rings. The quantitative estimate of drug-likeness (QED) is 0.825. The van der Waals surface area contributed by atoms with Crippen molar-refractivity contribution in [1.82, 2.24) is 15.0 Å². The van der Waals surface area contributed by atoms with Crippen molar-refractivity contribution in [3.63, 3.8) is 0 Å². The Morgan fingerprint density at radius 2 is 2.04 bits per heavy atom. The number of carbonyl (C=O) groups excluding carboxylic acids is 1. The van der Waals surface area contributed by atoms with Gasteiger partial charge in [-0.25, -0.2) is 0 Å².